The van der Waals surface area contributed by atoms with E-state index in [1.165, 1.54) is 42.8 Å². The molecule has 2 atom stereocenters. The van der Waals surface area contributed by atoms with Gasteiger partial charge in [0.05, 0.1) is 5.41 Å². The summed E-state index contributed by atoms with van der Waals surface area (Å²) in [6, 6.07) is 45.0. The summed E-state index contributed by atoms with van der Waals surface area (Å²) in [5.74, 6) is 0. The minimum absolute atomic E-state index is 0.505. The summed E-state index contributed by atoms with van der Waals surface area (Å²) in [6.07, 6.45) is 0. The number of thiophene rings is 1. The Morgan fingerprint density at radius 3 is 2.00 bits per heavy atom. The van der Waals surface area contributed by atoms with Gasteiger partial charge in [0, 0.05) is 25.5 Å². The summed E-state index contributed by atoms with van der Waals surface area (Å²) in [7, 11) is -3.11. The molecule has 3 aliphatic rings. The summed E-state index contributed by atoms with van der Waals surface area (Å²) in [5, 5.41) is 4.20. The van der Waals surface area contributed by atoms with Crippen molar-refractivity contribution in [3.63, 3.8) is 0 Å². The fourth-order valence-electron chi connectivity index (χ4n) is 7.40. The van der Waals surface area contributed by atoms with Crippen LogP contribution in [0.5, 0.6) is 0 Å². The first kappa shape index (κ1) is 21.0. The van der Waals surface area contributed by atoms with E-state index in [0.717, 1.165) is 27.1 Å². The Bertz CT molecular complexity index is 2070. The zero-order valence-corrected chi connectivity index (χ0v) is 22.1. The second-order valence-electron chi connectivity index (χ2n) is 10.3. The van der Waals surface area contributed by atoms with E-state index < -0.39 is 12.6 Å². The molecule has 2 heterocycles. The molecule has 178 valence electrons. The number of hydrogen-bond acceptors (Lipinski definition) is 2. The van der Waals surface area contributed by atoms with Crippen molar-refractivity contribution in [3.05, 3.63) is 155 Å². The van der Waals surface area contributed by atoms with Gasteiger partial charge >= 0.3 is 0 Å². The fourth-order valence-corrected chi connectivity index (χ4v) is 12.0. The predicted octanol–water partition coefficient (Wildman–Crippen LogP) is 8.43. The van der Waals surface area contributed by atoms with Gasteiger partial charge in [-0.25, -0.2) is 0 Å². The van der Waals surface area contributed by atoms with Crippen LogP contribution in [0, 0.1) is 0 Å². The summed E-state index contributed by atoms with van der Waals surface area (Å²) < 4.78 is 17.0. The zero-order chi connectivity index (χ0) is 25.1. The van der Waals surface area contributed by atoms with E-state index in [1.807, 2.05) is 35.6 Å². The third-order valence-corrected chi connectivity index (χ3v) is 13.1. The molecule has 9 rings (SSSR count). The van der Waals surface area contributed by atoms with Crippen molar-refractivity contribution in [2.45, 2.75) is 5.41 Å². The molecule has 1 aromatic heterocycles. The molecule has 1 aliphatic heterocycles. The summed E-state index contributed by atoms with van der Waals surface area (Å²) in [5.41, 5.74) is 8.18. The third-order valence-electron chi connectivity index (χ3n) is 8.69. The van der Waals surface area contributed by atoms with Crippen LogP contribution in [0.3, 0.4) is 0 Å². The Morgan fingerprint density at radius 2 is 1.18 bits per heavy atom. The van der Waals surface area contributed by atoms with Gasteiger partial charge in [-0.15, -0.1) is 11.3 Å². The number of allylic oxidation sites excluding steroid dienone is 1. The highest BCUT2D eigenvalue weighted by Crippen LogP contribution is 2.76. The number of hydrogen-bond donors (Lipinski definition) is 0. The Morgan fingerprint density at radius 1 is 0.579 bits per heavy atom. The second kappa shape index (κ2) is 7.11. The lowest BCUT2D eigenvalue weighted by Gasteiger charge is -2.32. The average Bonchev–Trinajstić information content (AvgIpc) is 3.67. The van der Waals surface area contributed by atoms with E-state index in [2.05, 4.69) is 103 Å². The Hall–Kier alpha value is -3.97. The second-order valence-corrected chi connectivity index (χ2v) is 14.0. The van der Waals surface area contributed by atoms with Crippen molar-refractivity contribution in [3.8, 4) is 10.4 Å². The van der Waals surface area contributed by atoms with E-state index >= 15 is 4.57 Å². The van der Waals surface area contributed by atoms with Crippen LogP contribution in [0.1, 0.15) is 27.8 Å². The third kappa shape index (κ3) is 2.21. The minimum Gasteiger partial charge on any atom is -0.309 e. The van der Waals surface area contributed by atoms with Crippen LogP contribution in [0.4, 0.5) is 0 Å². The van der Waals surface area contributed by atoms with Crippen molar-refractivity contribution in [1.29, 1.82) is 0 Å². The highest BCUT2D eigenvalue weighted by atomic mass is 32.1. The Kier molecular flexibility index (Phi) is 3.93. The molecular weight excluding hydrogens is 499 g/mol. The molecule has 6 aromatic rings. The van der Waals surface area contributed by atoms with Crippen LogP contribution >= 0.6 is 18.5 Å². The topological polar surface area (TPSA) is 17.1 Å². The Balaban J connectivity index is 1.54. The van der Waals surface area contributed by atoms with Gasteiger partial charge in [0.15, 0.2) is 7.14 Å². The van der Waals surface area contributed by atoms with Gasteiger partial charge in [0.25, 0.3) is 0 Å². The van der Waals surface area contributed by atoms with Gasteiger partial charge in [-0.1, -0.05) is 121 Å². The van der Waals surface area contributed by atoms with Gasteiger partial charge in [0.1, 0.15) is 0 Å². The summed E-state index contributed by atoms with van der Waals surface area (Å²) in [4.78, 5) is 1.34. The average molecular weight is 521 g/mol. The maximum atomic E-state index is 15.7. The van der Waals surface area contributed by atoms with Crippen molar-refractivity contribution < 1.29 is 4.57 Å². The van der Waals surface area contributed by atoms with Gasteiger partial charge in [-0.05, 0) is 50.4 Å². The molecule has 0 radical (unpaired) electrons. The standard InChI is InChI=1S/C35H21OPS/c36-37(22-12-2-1-3-13-22)29-20-10-6-16-25(29)31-33(37)23-14-4-8-18-27(23)35(31)28-19-9-5-15-24(28)34-32(35)26-17-7-11-21-30(26)38-34/h1-21H. The molecule has 1 nitrogen and oxygen atoms in total. The molecular formula is C35H21OPS. The van der Waals surface area contributed by atoms with E-state index in [9.17, 15) is 0 Å². The minimum atomic E-state index is -3.11. The quantitative estimate of drug-likeness (QED) is 0.199. The normalized spacial score (nSPS) is 21.9. The lowest BCUT2D eigenvalue weighted by molar-refractivity contribution is 0.593. The van der Waals surface area contributed by atoms with E-state index in [0.29, 0.717) is 0 Å². The molecule has 0 bridgehead atoms. The molecule has 1 spiro atoms. The summed E-state index contributed by atoms with van der Waals surface area (Å²) >= 11 is 1.88. The first-order valence-corrected chi connectivity index (χ1v) is 15.5. The first-order chi connectivity index (χ1) is 18.8. The molecule has 0 saturated heterocycles. The Labute approximate surface area is 225 Å². The molecule has 3 heteroatoms. The van der Waals surface area contributed by atoms with Crippen LogP contribution in [-0.2, 0) is 9.98 Å². The summed E-state index contributed by atoms with van der Waals surface area (Å²) in [6.45, 7) is 0. The maximum Gasteiger partial charge on any atom is 0.172 e. The number of benzene rings is 5. The molecule has 2 aliphatic carbocycles. The molecule has 5 aromatic carbocycles. The predicted molar refractivity (Wildman–Crippen MR) is 160 cm³/mol. The lowest BCUT2D eigenvalue weighted by Crippen LogP contribution is -2.28. The molecule has 0 N–H and O–H groups in total. The monoisotopic (exact) mass is 520 g/mol. The van der Waals surface area contributed by atoms with Gasteiger partial charge in [-0.2, -0.15) is 0 Å². The molecule has 0 saturated carbocycles. The SMILES string of the molecule is O=P1(c2ccccc2)C2=C(c3ccccc31)C1(c3ccccc32)c2ccccc2-c2sc3ccccc3c21. The first-order valence-electron chi connectivity index (χ1n) is 13.0. The number of rotatable bonds is 1. The van der Waals surface area contributed by atoms with Crippen LogP contribution in [0.15, 0.2) is 127 Å². The highest BCUT2D eigenvalue weighted by Gasteiger charge is 2.60. The number of fused-ring (bicyclic) bond motifs is 13. The molecule has 0 amide bonds. The van der Waals surface area contributed by atoms with Crippen LogP contribution < -0.4 is 10.6 Å². The zero-order valence-electron chi connectivity index (χ0n) is 20.4. The molecule has 0 fully saturated rings. The van der Waals surface area contributed by atoms with Crippen molar-refractivity contribution in [1.82, 2.24) is 0 Å². The smallest absolute Gasteiger partial charge is 0.172 e. The molecule has 38 heavy (non-hydrogen) atoms. The van der Waals surface area contributed by atoms with E-state index in [1.54, 1.807) is 0 Å². The van der Waals surface area contributed by atoms with Crippen molar-refractivity contribution in [2.24, 2.45) is 0 Å². The van der Waals surface area contributed by atoms with Gasteiger partial charge in [0.2, 0.25) is 0 Å². The van der Waals surface area contributed by atoms with E-state index in [4.69, 9.17) is 0 Å². The highest BCUT2D eigenvalue weighted by molar-refractivity contribution is 7.88. The lowest BCUT2D eigenvalue weighted by atomic mass is 9.67. The molecule has 2 unspecified atom stereocenters. The van der Waals surface area contributed by atoms with Gasteiger partial charge < -0.3 is 4.57 Å². The van der Waals surface area contributed by atoms with Crippen LogP contribution in [0.25, 0.3) is 31.4 Å². The van der Waals surface area contributed by atoms with Crippen LogP contribution in [-0.4, -0.2) is 0 Å². The maximum absolute atomic E-state index is 15.7. The fraction of sp³-hybridized carbons (Fsp3) is 0.0286. The van der Waals surface area contributed by atoms with Crippen molar-refractivity contribution >= 4 is 50.1 Å². The van der Waals surface area contributed by atoms with Crippen LogP contribution in [0.2, 0.25) is 0 Å². The largest absolute Gasteiger partial charge is 0.309 e. The van der Waals surface area contributed by atoms with Crippen molar-refractivity contribution in [2.75, 3.05) is 0 Å². The van der Waals surface area contributed by atoms with Gasteiger partial charge in [-0.3, -0.25) is 0 Å². The van der Waals surface area contributed by atoms with E-state index in [-0.39, 0.29) is 0 Å².